The number of thiophene rings is 1. The molecule has 1 aromatic carbocycles. The van der Waals surface area contributed by atoms with Crippen LogP contribution in [-0.4, -0.2) is 52.9 Å². The van der Waals surface area contributed by atoms with Gasteiger partial charge in [0.1, 0.15) is 5.82 Å². The quantitative estimate of drug-likeness (QED) is 0.215. The van der Waals surface area contributed by atoms with Gasteiger partial charge in [-0.2, -0.15) is 4.98 Å². The van der Waals surface area contributed by atoms with Crippen molar-refractivity contribution >= 4 is 68.9 Å². The maximum absolute atomic E-state index is 12.7. The first-order valence-corrected chi connectivity index (χ1v) is 13.0. The molecule has 0 spiro atoms. The van der Waals surface area contributed by atoms with E-state index in [1.165, 1.54) is 11.3 Å². The van der Waals surface area contributed by atoms with E-state index in [0.29, 0.717) is 28.9 Å². The second-order valence-electron chi connectivity index (χ2n) is 7.88. The summed E-state index contributed by atoms with van der Waals surface area (Å²) in [4.78, 5) is 36.5. The third-order valence-electron chi connectivity index (χ3n) is 5.44. The van der Waals surface area contributed by atoms with Gasteiger partial charge in [-0.05, 0) is 65.1 Å². The van der Waals surface area contributed by atoms with E-state index in [2.05, 4.69) is 48.5 Å². The molecule has 3 heterocycles. The summed E-state index contributed by atoms with van der Waals surface area (Å²) in [7, 11) is 0. The van der Waals surface area contributed by atoms with E-state index in [9.17, 15) is 9.59 Å². The van der Waals surface area contributed by atoms with E-state index >= 15 is 0 Å². The summed E-state index contributed by atoms with van der Waals surface area (Å²) >= 11 is 3.57. The fourth-order valence-electron chi connectivity index (χ4n) is 3.60. The molecule has 1 aliphatic heterocycles. The molecule has 11 heteroatoms. The zero-order valence-corrected chi connectivity index (χ0v) is 21.4. The summed E-state index contributed by atoms with van der Waals surface area (Å²) in [6, 6.07) is 11.0. The number of urea groups is 1. The molecule has 0 aliphatic carbocycles. The molecule has 3 aromatic rings. The number of hydrogen-bond donors (Lipinski definition) is 4. The van der Waals surface area contributed by atoms with E-state index in [-0.39, 0.29) is 24.3 Å². The van der Waals surface area contributed by atoms with Crippen molar-refractivity contribution in [2.75, 3.05) is 42.1 Å². The van der Waals surface area contributed by atoms with Gasteiger partial charge in [0.15, 0.2) is 5.78 Å². The van der Waals surface area contributed by atoms with E-state index < -0.39 is 0 Å². The van der Waals surface area contributed by atoms with Crippen LogP contribution in [0.3, 0.4) is 0 Å². The number of carbonyl (C=O) groups is 2. The van der Waals surface area contributed by atoms with Crippen molar-refractivity contribution in [3.8, 4) is 0 Å². The van der Waals surface area contributed by atoms with Crippen LogP contribution >= 0.6 is 33.9 Å². The maximum atomic E-state index is 12.7. The number of nitrogens with two attached hydrogens (primary N) is 1. The number of anilines is 4. The first-order valence-electron chi connectivity index (χ1n) is 11.0. The molecule has 0 saturated carbocycles. The zero-order chi connectivity index (χ0) is 23.9. The van der Waals surface area contributed by atoms with Gasteiger partial charge in [0, 0.05) is 43.8 Å². The number of Topliss-reactive ketones (excluding diaryl/α,β-unsaturated/α-hetero) is 1. The summed E-state index contributed by atoms with van der Waals surface area (Å²) in [6.45, 7) is 2.20. The van der Waals surface area contributed by atoms with Gasteiger partial charge < -0.3 is 26.6 Å². The number of ketones is 1. The molecule has 5 N–H and O–H groups in total. The van der Waals surface area contributed by atoms with Crippen molar-refractivity contribution < 1.29 is 9.59 Å². The van der Waals surface area contributed by atoms with Crippen molar-refractivity contribution in [3.05, 3.63) is 56.4 Å². The van der Waals surface area contributed by atoms with Crippen LogP contribution in [0.15, 0.2) is 48.0 Å². The Balaban J connectivity index is 1.40. The summed E-state index contributed by atoms with van der Waals surface area (Å²) in [6.07, 6.45) is 3.79. The monoisotopic (exact) mass is 591 g/mol. The Labute approximate surface area is 215 Å². The molecule has 1 aliphatic rings. The Morgan fingerprint density at radius 2 is 1.97 bits per heavy atom. The van der Waals surface area contributed by atoms with Crippen LogP contribution in [-0.2, 0) is 0 Å². The molecule has 1 fully saturated rings. The van der Waals surface area contributed by atoms with Gasteiger partial charge in [-0.1, -0.05) is 12.1 Å². The highest BCUT2D eigenvalue weighted by Gasteiger charge is 2.20. The van der Waals surface area contributed by atoms with Gasteiger partial charge in [0.25, 0.3) is 0 Å². The first kappa shape index (κ1) is 24.4. The van der Waals surface area contributed by atoms with Gasteiger partial charge in [-0.3, -0.25) is 4.79 Å². The van der Waals surface area contributed by atoms with Crippen LogP contribution in [0.1, 0.15) is 22.5 Å². The minimum Gasteiger partial charge on any atom is -0.368 e. The lowest BCUT2D eigenvalue weighted by molar-refractivity contribution is 0.0935. The third-order valence-corrected chi connectivity index (χ3v) is 7.12. The summed E-state index contributed by atoms with van der Waals surface area (Å²) in [5, 5.41) is 11.2. The second-order valence-corrected chi connectivity index (χ2v) is 9.99. The highest BCUT2D eigenvalue weighted by molar-refractivity contribution is 14.1. The molecule has 178 valence electrons. The van der Waals surface area contributed by atoms with Gasteiger partial charge >= 0.3 is 6.03 Å². The van der Waals surface area contributed by atoms with Crippen LogP contribution < -0.4 is 21.7 Å². The minimum atomic E-state index is -0.350. The van der Waals surface area contributed by atoms with Crippen molar-refractivity contribution in [2.45, 2.75) is 12.8 Å². The summed E-state index contributed by atoms with van der Waals surface area (Å²) in [5.41, 5.74) is 7.31. The van der Waals surface area contributed by atoms with E-state index in [1.54, 1.807) is 6.20 Å². The predicted molar refractivity (Wildman–Crippen MR) is 144 cm³/mol. The van der Waals surface area contributed by atoms with E-state index in [0.717, 1.165) is 35.2 Å². The molecule has 1 atom stereocenters. The number of hydrogen-bond acceptors (Lipinski definition) is 8. The lowest BCUT2D eigenvalue weighted by Gasteiger charge is -2.17. The lowest BCUT2D eigenvalue weighted by Crippen LogP contribution is -2.32. The standard InChI is InChI=1S/C23H26IN7O2S/c24-18-14-27-22(30-21(18)26-13-15(12-25)20(32)19-7-4-10-34-19)28-16-5-3-6-17(11-16)29-23(33)31-8-1-2-9-31/h3-7,10-11,14-15H,1-2,8-9,12-13,25H2,(H,29,33)(H2,26,27,28,30). The van der Waals surface area contributed by atoms with Crippen LogP contribution in [0, 0.1) is 9.49 Å². The maximum Gasteiger partial charge on any atom is 0.321 e. The van der Waals surface area contributed by atoms with Crippen molar-refractivity contribution in [2.24, 2.45) is 11.7 Å². The molecule has 34 heavy (non-hydrogen) atoms. The van der Waals surface area contributed by atoms with Gasteiger partial charge in [-0.15, -0.1) is 11.3 Å². The number of amides is 2. The molecule has 1 saturated heterocycles. The third kappa shape index (κ3) is 6.21. The molecule has 1 unspecified atom stereocenters. The molecular formula is C23H26IN7O2S. The number of nitrogens with one attached hydrogen (secondary N) is 3. The first-order chi connectivity index (χ1) is 16.5. The number of benzene rings is 1. The fraction of sp³-hybridized carbons (Fsp3) is 0.304. The number of likely N-dealkylation sites (tertiary alicyclic amines) is 1. The Bertz CT molecular complexity index is 1140. The van der Waals surface area contributed by atoms with E-state index in [1.807, 2.05) is 46.7 Å². The topological polar surface area (TPSA) is 125 Å². The van der Waals surface area contributed by atoms with Crippen molar-refractivity contribution in [1.82, 2.24) is 14.9 Å². The van der Waals surface area contributed by atoms with Crippen molar-refractivity contribution in [3.63, 3.8) is 0 Å². The number of aromatic nitrogens is 2. The molecule has 2 amide bonds. The number of halogens is 1. The van der Waals surface area contributed by atoms with Crippen LogP contribution in [0.2, 0.25) is 0 Å². The summed E-state index contributed by atoms with van der Waals surface area (Å²) in [5.74, 6) is 0.700. The highest BCUT2D eigenvalue weighted by Crippen LogP contribution is 2.22. The van der Waals surface area contributed by atoms with Gasteiger partial charge in [0.2, 0.25) is 5.95 Å². The average molecular weight is 591 g/mol. The SMILES string of the molecule is NCC(CNc1nc(Nc2cccc(NC(=O)N3CCCC3)c2)ncc1I)C(=O)c1cccs1. The average Bonchev–Trinajstić information content (AvgIpc) is 3.56. The van der Waals surface area contributed by atoms with Crippen LogP contribution in [0.5, 0.6) is 0 Å². The van der Waals surface area contributed by atoms with Crippen LogP contribution in [0.25, 0.3) is 0 Å². The Morgan fingerprint density at radius 3 is 2.71 bits per heavy atom. The largest absolute Gasteiger partial charge is 0.368 e. The predicted octanol–water partition coefficient (Wildman–Crippen LogP) is 4.38. The number of nitrogens with zero attached hydrogens (tertiary/aromatic N) is 3. The minimum absolute atomic E-state index is 0.0280. The van der Waals surface area contributed by atoms with Gasteiger partial charge in [-0.25, -0.2) is 9.78 Å². The molecule has 0 radical (unpaired) electrons. The smallest absolute Gasteiger partial charge is 0.321 e. The number of carbonyl (C=O) groups excluding carboxylic acids is 2. The summed E-state index contributed by atoms with van der Waals surface area (Å²) < 4.78 is 0.828. The normalized spacial score (nSPS) is 14.0. The zero-order valence-electron chi connectivity index (χ0n) is 18.5. The lowest BCUT2D eigenvalue weighted by atomic mass is 10.0. The Kier molecular flexibility index (Phi) is 8.29. The van der Waals surface area contributed by atoms with E-state index in [4.69, 9.17) is 5.73 Å². The van der Waals surface area contributed by atoms with Gasteiger partial charge in [0.05, 0.1) is 14.4 Å². The Hall–Kier alpha value is -2.77. The molecular weight excluding hydrogens is 565 g/mol. The number of rotatable bonds is 9. The molecule has 9 nitrogen and oxygen atoms in total. The molecule has 0 bridgehead atoms. The van der Waals surface area contributed by atoms with Crippen LogP contribution in [0.4, 0.5) is 27.9 Å². The second kappa shape index (κ2) is 11.6. The molecule has 4 rings (SSSR count). The fourth-order valence-corrected chi connectivity index (χ4v) is 4.80. The van der Waals surface area contributed by atoms with Crippen molar-refractivity contribution in [1.29, 1.82) is 0 Å². The Morgan fingerprint density at radius 1 is 1.18 bits per heavy atom. The highest BCUT2D eigenvalue weighted by atomic mass is 127. The molecule has 2 aromatic heterocycles.